The van der Waals surface area contributed by atoms with Gasteiger partial charge in [-0.25, -0.2) is 9.78 Å². The van der Waals surface area contributed by atoms with Crippen molar-refractivity contribution in [2.24, 2.45) is 11.8 Å². The molecule has 8 nitrogen and oxygen atoms in total. The largest absolute Gasteiger partial charge is 0.455 e. The number of nitriles is 1. The third-order valence-corrected chi connectivity index (χ3v) is 6.79. The van der Waals surface area contributed by atoms with E-state index in [0.29, 0.717) is 59.8 Å². The minimum absolute atomic E-state index is 0.278. The molecule has 0 radical (unpaired) electrons. The molecule has 0 bridgehead atoms. The summed E-state index contributed by atoms with van der Waals surface area (Å²) in [6.45, 7) is 7.03. The monoisotopic (exact) mass is 487 g/mol. The Balaban J connectivity index is 1.61. The Labute approximate surface area is 211 Å². The number of anilines is 2. The van der Waals surface area contributed by atoms with E-state index in [2.05, 4.69) is 23.3 Å². The number of pyridine rings is 1. The van der Waals surface area contributed by atoms with Crippen LogP contribution in [0.2, 0.25) is 0 Å². The zero-order valence-corrected chi connectivity index (χ0v) is 21.2. The van der Waals surface area contributed by atoms with Crippen molar-refractivity contribution in [2.75, 3.05) is 5.32 Å². The second-order valence-electron chi connectivity index (χ2n) is 9.69. The predicted octanol–water partition coefficient (Wildman–Crippen LogP) is 5.36. The van der Waals surface area contributed by atoms with Crippen LogP contribution in [-0.4, -0.2) is 14.1 Å². The minimum atomic E-state index is -0.313. The zero-order chi connectivity index (χ0) is 25.7. The number of aryl methyl sites for hydroxylation is 1. The Bertz CT molecular complexity index is 1380. The van der Waals surface area contributed by atoms with Gasteiger partial charge in [0.05, 0.1) is 17.3 Å². The highest BCUT2D eigenvalue weighted by Crippen LogP contribution is 2.30. The molecule has 2 aromatic heterocycles. The number of nitrogens with one attached hydrogen (secondary N) is 1. The third-order valence-electron chi connectivity index (χ3n) is 6.79. The molecule has 0 spiro atoms. The molecule has 4 rings (SSSR count). The van der Waals surface area contributed by atoms with Crippen molar-refractivity contribution in [3.63, 3.8) is 0 Å². The lowest BCUT2D eigenvalue weighted by molar-refractivity contribution is 0.261. The smallest absolute Gasteiger partial charge is 0.332 e. The molecule has 0 saturated heterocycles. The number of ether oxygens (including phenoxy) is 1. The number of rotatable bonds is 8. The number of hydrogen-bond donors (Lipinski definition) is 1. The first kappa shape index (κ1) is 25.2. The first-order chi connectivity index (χ1) is 17.4. The van der Waals surface area contributed by atoms with Crippen molar-refractivity contribution >= 4 is 11.6 Å². The summed E-state index contributed by atoms with van der Waals surface area (Å²) in [5.74, 6) is 3.21. The van der Waals surface area contributed by atoms with Gasteiger partial charge in [0.1, 0.15) is 23.1 Å². The maximum absolute atomic E-state index is 13.3. The molecule has 36 heavy (non-hydrogen) atoms. The summed E-state index contributed by atoms with van der Waals surface area (Å²) in [7, 11) is 0. The molecular weight excluding hydrogens is 454 g/mol. The molecule has 188 valence electrons. The highest BCUT2D eigenvalue weighted by atomic mass is 16.5. The van der Waals surface area contributed by atoms with Gasteiger partial charge in [-0.05, 0) is 68.4 Å². The van der Waals surface area contributed by atoms with E-state index in [9.17, 15) is 9.59 Å². The van der Waals surface area contributed by atoms with Gasteiger partial charge >= 0.3 is 5.69 Å². The second kappa shape index (κ2) is 11.3. The number of hydrogen-bond acceptors (Lipinski definition) is 6. The Kier molecular flexibility index (Phi) is 7.89. The van der Waals surface area contributed by atoms with Crippen LogP contribution in [0.4, 0.5) is 11.6 Å². The van der Waals surface area contributed by atoms with Gasteiger partial charge in [-0.15, -0.1) is 0 Å². The minimum Gasteiger partial charge on any atom is -0.455 e. The predicted molar refractivity (Wildman–Crippen MR) is 140 cm³/mol. The SMILES string of the molecule is CCCn1c(=O)cc(Nc2ccc(Oc3cccc(C#N)c3)c(C)n2)n(C[C@H]2CC[C@H](C)CC2)c1=O. The Morgan fingerprint density at radius 2 is 1.89 bits per heavy atom. The van der Waals surface area contributed by atoms with E-state index in [1.54, 1.807) is 41.0 Å². The lowest BCUT2D eigenvalue weighted by Crippen LogP contribution is -2.41. The Hall–Kier alpha value is -3.86. The van der Waals surface area contributed by atoms with Crippen LogP contribution in [-0.2, 0) is 13.1 Å². The average Bonchev–Trinajstić information content (AvgIpc) is 2.87. The standard InChI is InChI=1S/C28H33N5O3/c1-4-14-32-27(34)16-26(33(28(32)35)18-21-10-8-19(2)9-11-21)31-25-13-12-24(20(3)30-25)36-23-7-5-6-22(15-23)17-29/h5-7,12-13,15-16,19,21H,4,8-11,14,18H2,1-3H3,(H,30,31)/t19-,21-. The first-order valence-electron chi connectivity index (χ1n) is 12.6. The molecule has 1 aromatic carbocycles. The molecule has 1 fully saturated rings. The van der Waals surface area contributed by atoms with Crippen LogP contribution >= 0.6 is 0 Å². The maximum atomic E-state index is 13.3. The van der Waals surface area contributed by atoms with Gasteiger partial charge in [0.2, 0.25) is 0 Å². The zero-order valence-electron chi connectivity index (χ0n) is 21.2. The quantitative estimate of drug-likeness (QED) is 0.459. The van der Waals surface area contributed by atoms with Crippen LogP contribution in [0, 0.1) is 30.1 Å². The topological polar surface area (TPSA) is 102 Å². The molecular formula is C28H33N5O3. The lowest BCUT2D eigenvalue weighted by atomic mass is 9.83. The van der Waals surface area contributed by atoms with Crippen molar-refractivity contribution in [1.29, 1.82) is 5.26 Å². The van der Waals surface area contributed by atoms with E-state index >= 15 is 0 Å². The molecule has 1 N–H and O–H groups in total. The summed E-state index contributed by atoms with van der Waals surface area (Å²) in [4.78, 5) is 30.7. The van der Waals surface area contributed by atoms with Gasteiger partial charge in [-0.3, -0.25) is 13.9 Å². The molecule has 1 aliphatic rings. The van der Waals surface area contributed by atoms with Crippen molar-refractivity contribution < 1.29 is 4.74 Å². The van der Waals surface area contributed by atoms with Crippen molar-refractivity contribution in [3.05, 3.63) is 74.6 Å². The van der Waals surface area contributed by atoms with Gasteiger partial charge in [0.15, 0.2) is 0 Å². The molecule has 2 heterocycles. The van der Waals surface area contributed by atoms with Crippen LogP contribution in [0.1, 0.15) is 57.2 Å². The van der Waals surface area contributed by atoms with Crippen LogP contribution in [0.3, 0.4) is 0 Å². The lowest BCUT2D eigenvalue weighted by Gasteiger charge is -2.27. The maximum Gasteiger partial charge on any atom is 0.332 e. The number of aromatic nitrogens is 3. The molecule has 8 heteroatoms. The fraction of sp³-hybridized carbons (Fsp3) is 0.429. The third kappa shape index (κ3) is 5.85. The van der Waals surface area contributed by atoms with Crippen LogP contribution in [0.15, 0.2) is 52.1 Å². The van der Waals surface area contributed by atoms with Crippen molar-refractivity contribution in [3.8, 4) is 17.6 Å². The summed E-state index contributed by atoms with van der Waals surface area (Å²) in [5, 5.41) is 12.3. The van der Waals surface area contributed by atoms with E-state index < -0.39 is 0 Å². The van der Waals surface area contributed by atoms with Gasteiger partial charge in [-0.2, -0.15) is 5.26 Å². The van der Waals surface area contributed by atoms with Crippen molar-refractivity contribution in [1.82, 2.24) is 14.1 Å². The summed E-state index contributed by atoms with van der Waals surface area (Å²) in [5.41, 5.74) is 0.558. The van der Waals surface area contributed by atoms with E-state index in [1.165, 1.54) is 10.6 Å². The van der Waals surface area contributed by atoms with E-state index in [1.807, 2.05) is 13.8 Å². The van der Waals surface area contributed by atoms with Gasteiger partial charge in [0, 0.05) is 19.2 Å². The highest BCUT2D eigenvalue weighted by Gasteiger charge is 2.21. The van der Waals surface area contributed by atoms with Crippen LogP contribution in [0.25, 0.3) is 0 Å². The average molecular weight is 488 g/mol. The molecule has 0 aliphatic heterocycles. The Morgan fingerprint density at radius 3 is 2.58 bits per heavy atom. The molecule has 0 atom stereocenters. The fourth-order valence-corrected chi connectivity index (χ4v) is 4.71. The summed E-state index contributed by atoms with van der Waals surface area (Å²) in [6.07, 6.45) is 5.20. The van der Waals surface area contributed by atoms with Gasteiger partial charge in [-0.1, -0.05) is 32.8 Å². The molecule has 0 amide bonds. The number of benzene rings is 1. The summed E-state index contributed by atoms with van der Waals surface area (Å²) < 4.78 is 8.94. The van der Waals surface area contributed by atoms with E-state index in [-0.39, 0.29) is 11.2 Å². The van der Waals surface area contributed by atoms with E-state index in [0.717, 1.165) is 31.6 Å². The van der Waals surface area contributed by atoms with Crippen molar-refractivity contribution in [2.45, 2.75) is 66.0 Å². The molecule has 1 saturated carbocycles. The first-order valence-corrected chi connectivity index (χ1v) is 12.6. The number of nitrogens with zero attached hydrogens (tertiary/aromatic N) is 4. The van der Waals surface area contributed by atoms with Crippen LogP contribution < -0.4 is 21.3 Å². The second-order valence-corrected chi connectivity index (χ2v) is 9.69. The molecule has 3 aromatic rings. The van der Waals surface area contributed by atoms with E-state index in [4.69, 9.17) is 10.00 Å². The summed E-state index contributed by atoms with van der Waals surface area (Å²) in [6, 6.07) is 14.1. The van der Waals surface area contributed by atoms with Gasteiger partial charge in [0.25, 0.3) is 5.56 Å². The Morgan fingerprint density at radius 1 is 1.11 bits per heavy atom. The van der Waals surface area contributed by atoms with Crippen LogP contribution in [0.5, 0.6) is 11.5 Å². The summed E-state index contributed by atoms with van der Waals surface area (Å²) >= 11 is 0. The molecule has 0 unspecified atom stereocenters. The molecule has 1 aliphatic carbocycles. The highest BCUT2D eigenvalue weighted by molar-refractivity contribution is 5.54. The normalized spacial score (nSPS) is 17.4. The van der Waals surface area contributed by atoms with Gasteiger partial charge < -0.3 is 10.1 Å². The fourth-order valence-electron chi connectivity index (χ4n) is 4.71.